The van der Waals surface area contributed by atoms with E-state index in [1.807, 2.05) is 0 Å². The normalized spacial score (nSPS) is 11.5. The lowest BCUT2D eigenvalue weighted by Crippen LogP contribution is -2.22. The molecule has 0 fully saturated rings. The van der Waals surface area contributed by atoms with Crippen LogP contribution in [0.4, 0.5) is 0 Å². The lowest BCUT2D eigenvalue weighted by atomic mass is 10.1. The summed E-state index contributed by atoms with van der Waals surface area (Å²) in [4.78, 5) is 5.99. The molecule has 0 bridgehead atoms. The van der Waals surface area contributed by atoms with Crippen LogP contribution in [0.5, 0.6) is 0 Å². The molecule has 0 saturated heterocycles. The lowest BCUT2D eigenvalue weighted by Gasteiger charge is -2.21. The van der Waals surface area contributed by atoms with E-state index in [0.717, 1.165) is 24.1 Å². The van der Waals surface area contributed by atoms with Crippen LogP contribution in [0.1, 0.15) is 23.7 Å². The Morgan fingerprint density at radius 1 is 1.00 bits per heavy atom. The summed E-state index contributed by atoms with van der Waals surface area (Å²) in [5.74, 6) is 0. The van der Waals surface area contributed by atoms with E-state index in [4.69, 9.17) is 0 Å². The van der Waals surface area contributed by atoms with Crippen LogP contribution in [0.2, 0.25) is 0 Å². The van der Waals surface area contributed by atoms with Crippen molar-refractivity contribution in [1.82, 2.24) is 9.88 Å². The maximum Gasteiger partial charge on any atom is 0.0603 e. The van der Waals surface area contributed by atoms with Crippen LogP contribution in [0, 0.1) is 6.92 Å². The highest BCUT2D eigenvalue weighted by Crippen LogP contribution is 2.29. The number of halogens is 1. The quantitative estimate of drug-likeness (QED) is 0.660. The number of aromatic nitrogens is 1. The molecule has 0 atom stereocenters. The number of H-pyrrole nitrogens is 1. The van der Waals surface area contributed by atoms with Crippen molar-refractivity contribution >= 4 is 26.8 Å². The molecule has 3 rings (SSSR count). The fourth-order valence-corrected chi connectivity index (χ4v) is 3.38. The lowest BCUT2D eigenvalue weighted by molar-refractivity contribution is 0.272. The third-order valence-electron chi connectivity index (χ3n) is 4.18. The van der Waals surface area contributed by atoms with Crippen LogP contribution in [0.15, 0.2) is 53.0 Å². The number of benzene rings is 2. The maximum absolute atomic E-state index is 3.64. The average molecular weight is 357 g/mol. The van der Waals surface area contributed by atoms with Gasteiger partial charge in [-0.1, -0.05) is 49.4 Å². The minimum Gasteiger partial charge on any atom is -0.357 e. The Morgan fingerprint density at radius 3 is 2.50 bits per heavy atom. The largest absolute Gasteiger partial charge is 0.357 e. The third kappa shape index (κ3) is 3.11. The van der Waals surface area contributed by atoms with E-state index in [1.165, 1.54) is 27.7 Å². The monoisotopic (exact) mass is 356 g/mol. The third-order valence-corrected chi connectivity index (χ3v) is 4.84. The van der Waals surface area contributed by atoms with Crippen molar-refractivity contribution in [2.75, 3.05) is 6.54 Å². The van der Waals surface area contributed by atoms with Gasteiger partial charge in [0.1, 0.15) is 0 Å². The first-order valence-corrected chi connectivity index (χ1v) is 8.50. The van der Waals surface area contributed by atoms with Gasteiger partial charge in [-0.2, -0.15) is 0 Å². The second-order valence-electron chi connectivity index (χ2n) is 5.68. The molecule has 2 aromatic carbocycles. The Labute approximate surface area is 140 Å². The SMILES string of the molecule is CCN(Cc1ccccc1)Cc1c(C)[nH]c2c(Br)cccc12. The highest BCUT2D eigenvalue weighted by Gasteiger charge is 2.13. The number of fused-ring (bicyclic) bond motifs is 1. The molecule has 0 unspecified atom stereocenters. The van der Waals surface area contributed by atoms with E-state index < -0.39 is 0 Å². The van der Waals surface area contributed by atoms with Crippen molar-refractivity contribution in [3.05, 3.63) is 69.8 Å². The van der Waals surface area contributed by atoms with E-state index in [2.05, 4.69) is 88.2 Å². The summed E-state index contributed by atoms with van der Waals surface area (Å²) >= 11 is 3.64. The van der Waals surface area contributed by atoms with E-state index in [0.29, 0.717) is 0 Å². The zero-order valence-corrected chi connectivity index (χ0v) is 14.7. The number of nitrogens with one attached hydrogen (secondary N) is 1. The van der Waals surface area contributed by atoms with Gasteiger partial charge < -0.3 is 4.98 Å². The molecule has 0 spiro atoms. The van der Waals surface area contributed by atoms with Gasteiger partial charge in [0.05, 0.1) is 5.52 Å². The summed E-state index contributed by atoms with van der Waals surface area (Å²) in [5.41, 5.74) is 5.22. The summed E-state index contributed by atoms with van der Waals surface area (Å²) < 4.78 is 1.13. The Hall–Kier alpha value is -1.58. The van der Waals surface area contributed by atoms with Gasteiger partial charge in [-0.05, 0) is 46.6 Å². The van der Waals surface area contributed by atoms with Crippen molar-refractivity contribution in [2.45, 2.75) is 26.9 Å². The van der Waals surface area contributed by atoms with E-state index in [9.17, 15) is 0 Å². The zero-order chi connectivity index (χ0) is 15.5. The molecule has 114 valence electrons. The first kappa shape index (κ1) is 15.3. The van der Waals surface area contributed by atoms with Gasteiger partial charge in [-0.15, -0.1) is 0 Å². The number of hydrogen-bond donors (Lipinski definition) is 1. The molecule has 0 aliphatic heterocycles. The van der Waals surface area contributed by atoms with Crippen LogP contribution < -0.4 is 0 Å². The zero-order valence-electron chi connectivity index (χ0n) is 13.1. The van der Waals surface area contributed by atoms with Crippen LogP contribution >= 0.6 is 15.9 Å². The number of aromatic amines is 1. The molecule has 3 heteroatoms. The molecular weight excluding hydrogens is 336 g/mol. The van der Waals surface area contributed by atoms with Crippen molar-refractivity contribution < 1.29 is 0 Å². The second kappa shape index (κ2) is 6.67. The van der Waals surface area contributed by atoms with Crippen LogP contribution in [-0.4, -0.2) is 16.4 Å². The molecule has 2 nitrogen and oxygen atoms in total. The van der Waals surface area contributed by atoms with Crippen LogP contribution in [-0.2, 0) is 13.1 Å². The van der Waals surface area contributed by atoms with E-state index in [-0.39, 0.29) is 0 Å². The fourth-order valence-electron chi connectivity index (χ4n) is 2.92. The molecule has 0 saturated carbocycles. The molecule has 0 amide bonds. The minimum absolute atomic E-state index is 0.966. The van der Waals surface area contributed by atoms with Gasteiger partial charge in [0, 0.05) is 28.6 Å². The summed E-state index contributed by atoms with van der Waals surface area (Å²) in [5, 5.41) is 1.32. The molecule has 3 aromatic rings. The van der Waals surface area contributed by atoms with Crippen molar-refractivity contribution in [3.8, 4) is 0 Å². The second-order valence-corrected chi connectivity index (χ2v) is 6.53. The number of hydrogen-bond acceptors (Lipinski definition) is 1. The number of aryl methyl sites for hydroxylation is 1. The standard InChI is InChI=1S/C19H21BrN2/c1-3-22(12-15-8-5-4-6-9-15)13-17-14(2)21-19-16(17)10-7-11-18(19)20/h4-11,21H,3,12-13H2,1-2H3. The Bertz CT molecular complexity index is 762. The number of para-hydroxylation sites is 1. The Kier molecular flexibility index (Phi) is 4.65. The molecule has 0 radical (unpaired) electrons. The first-order chi connectivity index (χ1) is 10.7. The van der Waals surface area contributed by atoms with Crippen molar-refractivity contribution in [2.24, 2.45) is 0 Å². The molecule has 0 aliphatic carbocycles. The van der Waals surface area contributed by atoms with Gasteiger partial charge >= 0.3 is 0 Å². The Balaban J connectivity index is 1.88. The summed E-state index contributed by atoms with van der Waals surface area (Å²) in [6.45, 7) is 7.38. The Morgan fingerprint density at radius 2 is 1.77 bits per heavy atom. The molecular formula is C19H21BrN2. The summed E-state index contributed by atoms with van der Waals surface area (Å²) in [6, 6.07) is 17.1. The molecule has 1 heterocycles. The van der Waals surface area contributed by atoms with Crippen LogP contribution in [0.25, 0.3) is 10.9 Å². The van der Waals surface area contributed by atoms with Gasteiger partial charge in [0.25, 0.3) is 0 Å². The maximum atomic E-state index is 3.64. The smallest absolute Gasteiger partial charge is 0.0603 e. The topological polar surface area (TPSA) is 19.0 Å². The number of nitrogens with zero attached hydrogens (tertiary/aromatic N) is 1. The first-order valence-electron chi connectivity index (χ1n) is 7.71. The van der Waals surface area contributed by atoms with Crippen molar-refractivity contribution in [3.63, 3.8) is 0 Å². The van der Waals surface area contributed by atoms with Gasteiger partial charge in [-0.25, -0.2) is 0 Å². The molecule has 1 N–H and O–H groups in total. The van der Waals surface area contributed by atoms with E-state index in [1.54, 1.807) is 0 Å². The molecule has 22 heavy (non-hydrogen) atoms. The van der Waals surface area contributed by atoms with Gasteiger partial charge in [0.15, 0.2) is 0 Å². The predicted octanol–water partition coefficient (Wildman–Crippen LogP) is 5.26. The van der Waals surface area contributed by atoms with Gasteiger partial charge in [-0.3, -0.25) is 4.90 Å². The minimum atomic E-state index is 0.966. The summed E-state index contributed by atoms with van der Waals surface area (Å²) in [7, 11) is 0. The fraction of sp³-hybridized carbons (Fsp3) is 0.263. The van der Waals surface area contributed by atoms with Crippen molar-refractivity contribution in [1.29, 1.82) is 0 Å². The molecule has 0 aliphatic rings. The van der Waals surface area contributed by atoms with Gasteiger partial charge in [0.2, 0.25) is 0 Å². The van der Waals surface area contributed by atoms with Crippen LogP contribution in [0.3, 0.4) is 0 Å². The predicted molar refractivity (Wildman–Crippen MR) is 97.0 cm³/mol. The summed E-state index contributed by atoms with van der Waals surface area (Å²) in [6.07, 6.45) is 0. The average Bonchev–Trinajstić information content (AvgIpc) is 2.85. The number of rotatable bonds is 5. The van der Waals surface area contributed by atoms with E-state index >= 15 is 0 Å². The highest BCUT2D eigenvalue weighted by atomic mass is 79.9. The highest BCUT2D eigenvalue weighted by molar-refractivity contribution is 9.10. The molecule has 1 aromatic heterocycles.